The van der Waals surface area contributed by atoms with Crippen molar-refractivity contribution in [1.29, 1.82) is 0 Å². The lowest BCUT2D eigenvalue weighted by molar-refractivity contribution is -0.124. The Morgan fingerprint density at radius 3 is 2.73 bits per heavy atom. The molecule has 0 saturated heterocycles. The van der Waals surface area contributed by atoms with Crippen molar-refractivity contribution in [3.8, 4) is 23.8 Å². The summed E-state index contributed by atoms with van der Waals surface area (Å²) in [4.78, 5) is 20.2. The molecule has 0 aliphatic heterocycles. The summed E-state index contributed by atoms with van der Waals surface area (Å²) >= 11 is 0. The fourth-order valence-corrected chi connectivity index (χ4v) is 4.02. The zero-order chi connectivity index (χ0) is 23.2. The maximum Gasteiger partial charge on any atom is 0.245 e. The average molecular weight is 447 g/mol. The number of hydrogen-bond donors (Lipinski definition) is 3. The topological polar surface area (TPSA) is 106 Å². The average Bonchev–Trinajstić information content (AvgIpc) is 2.85. The molecule has 4 rings (SSSR count). The van der Waals surface area contributed by atoms with Crippen molar-refractivity contribution in [2.75, 3.05) is 19.0 Å². The number of aliphatic hydroxyl groups excluding tert-OH is 1. The van der Waals surface area contributed by atoms with Crippen LogP contribution in [-0.2, 0) is 4.79 Å². The maximum absolute atomic E-state index is 11.4. The second-order valence-corrected chi connectivity index (χ2v) is 7.91. The fourth-order valence-electron chi connectivity index (χ4n) is 4.02. The van der Waals surface area contributed by atoms with Crippen LogP contribution in [0.2, 0.25) is 0 Å². The number of terminal acetylenes is 1. The van der Waals surface area contributed by atoms with Crippen molar-refractivity contribution < 1.29 is 19.4 Å². The predicted molar refractivity (Wildman–Crippen MR) is 126 cm³/mol. The van der Waals surface area contributed by atoms with E-state index in [-0.39, 0.29) is 18.1 Å². The van der Waals surface area contributed by atoms with Gasteiger partial charge in [0.15, 0.2) is 11.5 Å². The second-order valence-electron chi connectivity index (χ2n) is 7.91. The van der Waals surface area contributed by atoms with Gasteiger partial charge >= 0.3 is 0 Å². The molecule has 0 radical (unpaired) electrons. The first kappa shape index (κ1) is 22.4. The highest BCUT2D eigenvalue weighted by Crippen LogP contribution is 2.36. The number of aromatic nitrogens is 2. The van der Waals surface area contributed by atoms with E-state index in [1.807, 2.05) is 36.4 Å². The van der Waals surface area contributed by atoms with E-state index in [4.69, 9.17) is 21.0 Å². The van der Waals surface area contributed by atoms with Gasteiger partial charge in [0.25, 0.3) is 0 Å². The maximum atomic E-state index is 11.4. The van der Waals surface area contributed by atoms with Crippen LogP contribution in [0.15, 0.2) is 42.7 Å². The summed E-state index contributed by atoms with van der Waals surface area (Å²) in [6.07, 6.45) is 10.1. The quantitative estimate of drug-likeness (QED) is 0.479. The summed E-state index contributed by atoms with van der Waals surface area (Å²) in [7, 11) is 1.60. The van der Waals surface area contributed by atoms with E-state index >= 15 is 0 Å². The Hall–Kier alpha value is -3.83. The van der Waals surface area contributed by atoms with Crippen LogP contribution < -0.4 is 20.1 Å². The number of anilines is 2. The number of aliphatic hydroxyl groups is 1. The molecule has 0 atom stereocenters. The minimum Gasteiger partial charge on any atom is -0.493 e. The lowest BCUT2D eigenvalue weighted by Crippen LogP contribution is -2.40. The van der Waals surface area contributed by atoms with Gasteiger partial charge in [-0.3, -0.25) is 4.79 Å². The standard InChI is InChI=1S/C25H26N4O4/c1-3-16-5-4-6-18(11-16)29-25-20-12-23(22(32-2)13-21(20)26-15-27-25)33-19-9-7-17(8-10-19)28-24(31)14-30/h1,4-6,11-13,15,17,19,30H,7-10,14H2,2H3,(H,28,31)(H,26,27,29)/t17-,19-. The molecule has 1 aromatic heterocycles. The molecule has 0 bridgehead atoms. The molecule has 3 N–H and O–H groups in total. The number of hydrogen-bond acceptors (Lipinski definition) is 7. The first-order valence-electron chi connectivity index (χ1n) is 10.8. The van der Waals surface area contributed by atoms with Gasteiger partial charge in [-0.2, -0.15) is 0 Å². The van der Waals surface area contributed by atoms with E-state index in [0.717, 1.165) is 47.8 Å². The van der Waals surface area contributed by atoms with Gasteiger partial charge < -0.3 is 25.2 Å². The van der Waals surface area contributed by atoms with E-state index in [1.165, 1.54) is 6.33 Å². The number of rotatable bonds is 7. The summed E-state index contributed by atoms with van der Waals surface area (Å²) in [5.74, 6) is 4.13. The molecule has 2 aromatic carbocycles. The first-order valence-corrected chi connectivity index (χ1v) is 10.8. The Balaban J connectivity index is 1.55. The van der Waals surface area contributed by atoms with Crippen LogP contribution >= 0.6 is 0 Å². The highest BCUT2D eigenvalue weighted by molar-refractivity contribution is 5.93. The summed E-state index contributed by atoms with van der Waals surface area (Å²) in [6.45, 7) is -0.490. The van der Waals surface area contributed by atoms with Crippen LogP contribution in [0.4, 0.5) is 11.5 Å². The Labute approximate surface area is 192 Å². The highest BCUT2D eigenvalue weighted by Gasteiger charge is 2.24. The van der Waals surface area contributed by atoms with Gasteiger partial charge in [-0.05, 0) is 49.9 Å². The number of nitrogens with zero attached hydrogens (tertiary/aromatic N) is 2. The van der Waals surface area contributed by atoms with Crippen LogP contribution in [0, 0.1) is 12.3 Å². The van der Waals surface area contributed by atoms with Gasteiger partial charge in [-0.1, -0.05) is 12.0 Å². The van der Waals surface area contributed by atoms with E-state index < -0.39 is 6.61 Å². The molecule has 33 heavy (non-hydrogen) atoms. The number of carbonyl (C=O) groups is 1. The van der Waals surface area contributed by atoms with E-state index in [2.05, 4.69) is 26.5 Å². The number of methoxy groups -OCH3 is 1. The highest BCUT2D eigenvalue weighted by atomic mass is 16.5. The second kappa shape index (κ2) is 10.2. The van der Waals surface area contributed by atoms with Crippen LogP contribution in [0.1, 0.15) is 31.2 Å². The van der Waals surface area contributed by atoms with Gasteiger partial charge in [-0.15, -0.1) is 6.42 Å². The van der Waals surface area contributed by atoms with Gasteiger partial charge in [-0.25, -0.2) is 9.97 Å². The van der Waals surface area contributed by atoms with Crippen LogP contribution in [0.3, 0.4) is 0 Å². The number of fused-ring (bicyclic) bond motifs is 1. The van der Waals surface area contributed by atoms with E-state index in [1.54, 1.807) is 7.11 Å². The van der Waals surface area contributed by atoms with Crippen molar-refractivity contribution >= 4 is 28.3 Å². The number of ether oxygens (including phenoxy) is 2. The molecular formula is C25H26N4O4. The van der Waals surface area contributed by atoms with Gasteiger partial charge in [0.1, 0.15) is 18.8 Å². The number of carbonyl (C=O) groups excluding carboxylic acids is 1. The van der Waals surface area contributed by atoms with Gasteiger partial charge in [0, 0.05) is 28.7 Å². The minimum atomic E-state index is -0.490. The monoisotopic (exact) mass is 446 g/mol. The molecule has 1 amide bonds. The van der Waals surface area contributed by atoms with Crippen molar-refractivity contribution in [2.24, 2.45) is 0 Å². The third-order valence-electron chi connectivity index (χ3n) is 5.69. The smallest absolute Gasteiger partial charge is 0.245 e. The van der Waals surface area contributed by atoms with Gasteiger partial charge in [0.05, 0.1) is 18.7 Å². The molecule has 1 heterocycles. The number of benzene rings is 2. The van der Waals surface area contributed by atoms with Crippen molar-refractivity contribution in [3.05, 3.63) is 48.3 Å². The molecule has 0 unspecified atom stereocenters. The van der Waals surface area contributed by atoms with Crippen LogP contribution in [0.25, 0.3) is 10.9 Å². The molecule has 1 fully saturated rings. The lowest BCUT2D eigenvalue weighted by atomic mass is 9.93. The van der Waals surface area contributed by atoms with Gasteiger partial charge in [0.2, 0.25) is 5.91 Å². The third-order valence-corrected chi connectivity index (χ3v) is 5.69. The Kier molecular flexibility index (Phi) is 6.91. The largest absolute Gasteiger partial charge is 0.493 e. The first-order chi connectivity index (χ1) is 16.1. The number of amides is 1. The SMILES string of the molecule is C#Cc1cccc(Nc2ncnc3cc(OC)c(O[C@H]4CC[C@H](NC(=O)CO)CC4)cc23)c1. The zero-order valence-corrected chi connectivity index (χ0v) is 18.4. The molecule has 8 nitrogen and oxygen atoms in total. The molecule has 0 spiro atoms. The van der Waals surface area contributed by atoms with Crippen molar-refractivity contribution in [3.63, 3.8) is 0 Å². The van der Waals surface area contributed by atoms with E-state index in [9.17, 15) is 4.79 Å². The molecule has 1 aliphatic rings. The third kappa shape index (κ3) is 5.33. The molecular weight excluding hydrogens is 420 g/mol. The number of nitrogens with one attached hydrogen (secondary N) is 2. The molecule has 170 valence electrons. The van der Waals surface area contributed by atoms with Crippen LogP contribution in [-0.4, -0.2) is 46.8 Å². The lowest BCUT2D eigenvalue weighted by Gasteiger charge is -2.29. The zero-order valence-electron chi connectivity index (χ0n) is 18.4. The molecule has 3 aromatic rings. The Morgan fingerprint density at radius 2 is 2.00 bits per heavy atom. The normalized spacial score (nSPS) is 17.7. The van der Waals surface area contributed by atoms with Crippen LogP contribution in [0.5, 0.6) is 11.5 Å². The summed E-state index contributed by atoms with van der Waals surface area (Å²) < 4.78 is 11.9. The van der Waals surface area contributed by atoms with Crippen molar-refractivity contribution in [2.45, 2.75) is 37.8 Å². The molecule has 8 heteroatoms. The Morgan fingerprint density at radius 1 is 1.18 bits per heavy atom. The fraction of sp³-hybridized carbons (Fsp3) is 0.320. The van der Waals surface area contributed by atoms with E-state index in [0.29, 0.717) is 17.3 Å². The Bertz CT molecular complexity index is 1180. The molecule has 1 aliphatic carbocycles. The minimum absolute atomic E-state index is 0.00743. The summed E-state index contributed by atoms with van der Waals surface area (Å²) in [6, 6.07) is 11.3. The van der Waals surface area contributed by atoms with Crippen molar-refractivity contribution in [1.82, 2.24) is 15.3 Å². The predicted octanol–water partition coefficient (Wildman–Crippen LogP) is 3.16. The summed E-state index contributed by atoms with van der Waals surface area (Å²) in [5.41, 5.74) is 2.32. The summed E-state index contributed by atoms with van der Waals surface area (Å²) in [5, 5.41) is 15.9. The molecule has 1 saturated carbocycles.